The van der Waals surface area contributed by atoms with E-state index in [2.05, 4.69) is 38.2 Å². The first-order chi connectivity index (χ1) is 34.4. The molecule has 0 aromatic carbocycles. The lowest BCUT2D eigenvalue weighted by molar-refractivity contribution is -0.870. The number of phosphoric acid groups is 1. The van der Waals surface area contributed by atoms with E-state index in [9.17, 15) is 19.0 Å². The van der Waals surface area contributed by atoms with Crippen LogP contribution in [0.2, 0.25) is 0 Å². The zero-order chi connectivity index (χ0) is 52.2. The zero-order valence-corrected chi connectivity index (χ0v) is 48.9. The highest BCUT2D eigenvalue weighted by molar-refractivity contribution is 7.47. The summed E-state index contributed by atoms with van der Waals surface area (Å²) in [5, 5.41) is 3.06. The number of rotatable bonds is 56. The van der Waals surface area contributed by atoms with E-state index >= 15 is 0 Å². The Morgan fingerprint density at radius 2 is 0.817 bits per heavy atom. The SMILES string of the molecule is CCCCCC/C=C\CCCCCCCCCC(=O)OC(/C=C/CCCCCCCCCCCCC)C(COP(=O)(O)OCC[N+](C)(C)C)NC(=O)CCCCCCCCCCCCCCCCCCC. The summed E-state index contributed by atoms with van der Waals surface area (Å²) in [7, 11) is 1.51. The van der Waals surface area contributed by atoms with Crippen molar-refractivity contribution in [2.75, 3.05) is 40.9 Å². The lowest BCUT2D eigenvalue weighted by Gasteiger charge is -2.27. The van der Waals surface area contributed by atoms with Crippen molar-refractivity contribution in [1.29, 1.82) is 0 Å². The van der Waals surface area contributed by atoms with Crippen molar-refractivity contribution in [3.8, 4) is 0 Å². The number of unbranched alkanes of at least 4 members (excludes halogenated alkanes) is 38. The van der Waals surface area contributed by atoms with Gasteiger partial charge in [-0.05, 0) is 57.4 Å². The van der Waals surface area contributed by atoms with Gasteiger partial charge in [-0.3, -0.25) is 18.6 Å². The van der Waals surface area contributed by atoms with Crippen LogP contribution in [0, 0.1) is 0 Å². The highest BCUT2D eigenvalue weighted by Gasteiger charge is 2.30. The summed E-state index contributed by atoms with van der Waals surface area (Å²) in [4.78, 5) is 37.7. The lowest BCUT2D eigenvalue weighted by atomic mass is 10.0. The summed E-state index contributed by atoms with van der Waals surface area (Å²) in [5.74, 6) is -0.494. The van der Waals surface area contributed by atoms with E-state index in [4.69, 9.17) is 13.8 Å². The zero-order valence-electron chi connectivity index (χ0n) is 48.0. The highest BCUT2D eigenvalue weighted by Crippen LogP contribution is 2.43. The van der Waals surface area contributed by atoms with Gasteiger partial charge < -0.3 is 19.4 Å². The summed E-state index contributed by atoms with van der Waals surface area (Å²) in [6.45, 7) is 7.04. The number of amides is 1. The van der Waals surface area contributed by atoms with Gasteiger partial charge in [0.25, 0.3) is 0 Å². The summed E-state index contributed by atoms with van der Waals surface area (Å²) >= 11 is 0. The Morgan fingerprint density at radius 1 is 0.479 bits per heavy atom. The lowest BCUT2D eigenvalue weighted by Crippen LogP contribution is -2.47. The third-order valence-corrected chi connectivity index (χ3v) is 14.9. The maximum Gasteiger partial charge on any atom is 0.472 e. The first kappa shape index (κ1) is 69.5. The molecule has 71 heavy (non-hydrogen) atoms. The molecule has 9 nitrogen and oxygen atoms in total. The van der Waals surface area contributed by atoms with Gasteiger partial charge in [-0.15, -0.1) is 0 Å². The number of allylic oxidation sites excluding steroid dienone is 3. The monoisotopic (exact) mass is 1020 g/mol. The maximum absolute atomic E-state index is 13.5. The fourth-order valence-electron chi connectivity index (χ4n) is 9.11. The van der Waals surface area contributed by atoms with Crippen LogP contribution < -0.4 is 5.32 Å². The van der Waals surface area contributed by atoms with E-state index in [1.165, 1.54) is 212 Å². The maximum atomic E-state index is 13.5. The number of hydrogen-bond donors (Lipinski definition) is 2. The highest BCUT2D eigenvalue weighted by atomic mass is 31.2. The summed E-state index contributed by atoms with van der Waals surface area (Å²) in [6, 6.07) is -0.843. The van der Waals surface area contributed by atoms with Gasteiger partial charge in [0.2, 0.25) is 5.91 Å². The van der Waals surface area contributed by atoms with E-state index in [0.29, 0.717) is 23.9 Å². The van der Waals surface area contributed by atoms with Crippen molar-refractivity contribution in [3.63, 3.8) is 0 Å². The Balaban J connectivity index is 5.29. The van der Waals surface area contributed by atoms with E-state index in [-0.39, 0.29) is 25.1 Å². The average Bonchev–Trinajstić information content (AvgIpc) is 3.33. The molecule has 3 unspecified atom stereocenters. The van der Waals surface area contributed by atoms with E-state index in [1.807, 2.05) is 33.3 Å². The summed E-state index contributed by atoms with van der Waals surface area (Å²) in [6.07, 6.45) is 60.2. The Morgan fingerprint density at radius 3 is 1.21 bits per heavy atom. The third-order valence-electron chi connectivity index (χ3n) is 13.9. The first-order valence-corrected chi connectivity index (χ1v) is 32.2. The number of quaternary nitrogens is 1. The molecule has 10 heteroatoms. The minimum atomic E-state index is -4.44. The minimum absolute atomic E-state index is 0.0431. The van der Waals surface area contributed by atoms with Crippen molar-refractivity contribution < 1.29 is 37.3 Å². The van der Waals surface area contributed by atoms with Gasteiger partial charge in [0, 0.05) is 12.8 Å². The van der Waals surface area contributed by atoms with Crippen LogP contribution in [0.4, 0.5) is 0 Å². The number of carbonyl (C=O) groups excluding carboxylic acids is 2. The Labute approximate surface area is 441 Å². The van der Waals surface area contributed by atoms with Crippen LogP contribution in [0.25, 0.3) is 0 Å². The molecule has 1 amide bonds. The second-order valence-corrected chi connectivity index (χ2v) is 23.7. The number of likely N-dealkylation sites (N-methyl/N-ethyl adjacent to an activating group) is 1. The first-order valence-electron chi connectivity index (χ1n) is 30.7. The molecule has 0 radical (unpaired) electrons. The standard InChI is InChI=1S/C61H119N2O7P/c1-7-10-13-16-19-22-25-28-30-31-33-35-38-41-44-47-50-53-60(64)62-58(57-69-71(66,67)68-56-55-63(4,5)6)59(52-49-46-43-40-37-34-27-24-21-18-15-12-9-3)70-61(65)54-51-48-45-42-39-36-32-29-26-23-20-17-14-11-8-2/h23,26,49,52,58-59H,7-22,24-25,27-48,50-51,53-57H2,1-6H3,(H-,62,64,66,67)/p+1/b26-23-,52-49+. The predicted octanol–water partition coefficient (Wildman–Crippen LogP) is 18.6. The van der Waals surface area contributed by atoms with Crippen molar-refractivity contribution >= 4 is 19.7 Å². The topological polar surface area (TPSA) is 111 Å². The predicted molar refractivity (Wildman–Crippen MR) is 305 cm³/mol. The second kappa shape index (κ2) is 52.0. The van der Waals surface area contributed by atoms with E-state index in [0.717, 1.165) is 57.8 Å². The van der Waals surface area contributed by atoms with Gasteiger partial charge in [0.15, 0.2) is 0 Å². The van der Waals surface area contributed by atoms with Crippen LogP contribution in [-0.4, -0.2) is 74.3 Å². The molecule has 0 aliphatic carbocycles. The molecule has 0 spiro atoms. The van der Waals surface area contributed by atoms with Gasteiger partial charge in [0.05, 0.1) is 33.8 Å². The molecule has 0 aliphatic heterocycles. The van der Waals surface area contributed by atoms with Crippen LogP contribution in [-0.2, 0) is 27.9 Å². The number of hydrogen-bond acceptors (Lipinski definition) is 6. The molecule has 0 fully saturated rings. The summed E-state index contributed by atoms with van der Waals surface area (Å²) < 4.78 is 30.7. The third kappa shape index (κ3) is 53.1. The van der Waals surface area contributed by atoms with Crippen molar-refractivity contribution in [2.24, 2.45) is 0 Å². The number of carbonyl (C=O) groups is 2. The van der Waals surface area contributed by atoms with Gasteiger partial charge >= 0.3 is 13.8 Å². The number of phosphoric ester groups is 1. The molecule has 420 valence electrons. The van der Waals surface area contributed by atoms with Gasteiger partial charge in [-0.1, -0.05) is 257 Å². The van der Waals surface area contributed by atoms with Crippen molar-refractivity contribution in [1.82, 2.24) is 5.32 Å². The Hall–Kier alpha value is -1.51. The van der Waals surface area contributed by atoms with Crippen LogP contribution in [0.15, 0.2) is 24.3 Å². The smallest absolute Gasteiger partial charge is 0.456 e. The van der Waals surface area contributed by atoms with Crippen LogP contribution >= 0.6 is 7.82 Å². The van der Waals surface area contributed by atoms with Gasteiger partial charge in [-0.2, -0.15) is 0 Å². The fourth-order valence-corrected chi connectivity index (χ4v) is 9.85. The molecule has 0 aromatic rings. The number of ether oxygens (including phenoxy) is 1. The van der Waals surface area contributed by atoms with E-state index in [1.54, 1.807) is 0 Å². The molecule has 0 bridgehead atoms. The molecule has 3 atom stereocenters. The van der Waals surface area contributed by atoms with Crippen LogP contribution in [0.5, 0.6) is 0 Å². The second-order valence-electron chi connectivity index (χ2n) is 22.2. The average molecular weight is 1020 g/mol. The van der Waals surface area contributed by atoms with E-state index < -0.39 is 20.0 Å². The molecule has 0 aromatic heterocycles. The largest absolute Gasteiger partial charge is 0.472 e. The number of esters is 1. The van der Waals surface area contributed by atoms with Gasteiger partial charge in [0.1, 0.15) is 19.3 Å². The molecule has 0 aliphatic rings. The van der Waals surface area contributed by atoms with Crippen molar-refractivity contribution in [3.05, 3.63) is 24.3 Å². The van der Waals surface area contributed by atoms with Crippen LogP contribution in [0.3, 0.4) is 0 Å². The molecule has 2 N–H and O–H groups in total. The fraction of sp³-hybridized carbons (Fsp3) is 0.902. The normalized spacial score (nSPS) is 13.8. The molecule has 0 rings (SSSR count). The number of nitrogens with zero attached hydrogens (tertiary/aromatic N) is 1. The van der Waals surface area contributed by atoms with Gasteiger partial charge in [-0.25, -0.2) is 4.57 Å². The molecule has 0 saturated heterocycles. The molecule has 0 saturated carbocycles. The minimum Gasteiger partial charge on any atom is -0.456 e. The Kier molecular flexibility index (Phi) is 50.8. The number of nitrogens with one attached hydrogen (secondary N) is 1. The molecular formula is C61H120N2O7P+. The van der Waals surface area contributed by atoms with Crippen molar-refractivity contribution in [2.45, 2.75) is 315 Å². The molecule has 0 heterocycles. The quantitative estimate of drug-likeness (QED) is 0.0205. The van der Waals surface area contributed by atoms with Crippen LogP contribution in [0.1, 0.15) is 303 Å². The summed E-state index contributed by atoms with van der Waals surface area (Å²) in [5.41, 5.74) is 0. The molecular weight excluding hydrogens is 904 g/mol. The Bertz CT molecular complexity index is 1270.